The van der Waals surface area contributed by atoms with Gasteiger partial charge in [0.25, 0.3) is 0 Å². The zero-order chi connectivity index (χ0) is 17.3. The lowest BCUT2D eigenvalue weighted by molar-refractivity contribution is -0.119. The summed E-state index contributed by atoms with van der Waals surface area (Å²) in [5.74, 6) is -0.555. The number of amides is 1. The van der Waals surface area contributed by atoms with E-state index in [0.29, 0.717) is 35.2 Å². The van der Waals surface area contributed by atoms with Crippen molar-refractivity contribution in [2.75, 3.05) is 5.32 Å². The van der Waals surface area contributed by atoms with E-state index in [1.807, 2.05) is 0 Å². The van der Waals surface area contributed by atoms with Crippen molar-refractivity contribution in [1.29, 1.82) is 0 Å². The number of halogens is 2. The van der Waals surface area contributed by atoms with E-state index >= 15 is 0 Å². The van der Waals surface area contributed by atoms with Crippen LogP contribution in [0, 0.1) is 5.92 Å². The number of aliphatic hydroxyl groups excluding tert-OH is 1. The van der Waals surface area contributed by atoms with Crippen LogP contribution in [0.5, 0.6) is 0 Å². The maximum absolute atomic E-state index is 13.3. The highest BCUT2D eigenvalue weighted by atomic mass is 19.3. The van der Waals surface area contributed by atoms with Gasteiger partial charge in [0.2, 0.25) is 5.91 Å². The Morgan fingerprint density at radius 3 is 2.96 bits per heavy atom. The molecule has 128 valence electrons. The maximum Gasteiger partial charge on any atom is 0.333 e. The van der Waals surface area contributed by atoms with Crippen LogP contribution in [0.1, 0.15) is 44.5 Å². The molecule has 2 aromatic heterocycles. The number of aromatic nitrogens is 3. The Labute approximate surface area is 137 Å². The molecule has 2 N–H and O–H groups in total. The lowest BCUT2D eigenvalue weighted by Crippen LogP contribution is -2.21. The summed E-state index contributed by atoms with van der Waals surface area (Å²) in [7, 11) is 0. The van der Waals surface area contributed by atoms with Gasteiger partial charge in [0.1, 0.15) is 0 Å². The minimum absolute atomic E-state index is 0.0990. The minimum Gasteiger partial charge on any atom is -0.387 e. The fourth-order valence-electron chi connectivity index (χ4n) is 2.82. The molecule has 2 unspecified atom stereocenters. The minimum atomic E-state index is -2.85. The first kappa shape index (κ1) is 16.5. The van der Waals surface area contributed by atoms with Gasteiger partial charge in [0, 0.05) is 17.7 Å². The molecule has 1 aliphatic heterocycles. The van der Waals surface area contributed by atoms with Crippen molar-refractivity contribution in [3.63, 3.8) is 0 Å². The number of anilines is 1. The molecule has 0 saturated carbocycles. The van der Waals surface area contributed by atoms with E-state index in [1.54, 1.807) is 19.1 Å². The summed E-state index contributed by atoms with van der Waals surface area (Å²) in [4.78, 5) is 16.4. The lowest BCUT2D eigenvalue weighted by Gasteiger charge is -2.17. The molecule has 0 spiro atoms. The van der Waals surface area contributed by atoms with Crippen LogP contribution in [0.3, 0.4) is 0 Å². The Kier molecular flexibility index (Phi) is 4.57. The fraction of sp³-hybridized carbons (Fsp3) is 0.438. The number of nitrogens with zero attached hydrogens (tertiary/aromatic N) is 3. The zero-order valence-corrected chi connectivity index (χ0v) is 13.1. The van der Waals surface area contributed by atoms with Gasteiger partial charge < -0.3 is 10.4 Å². The van der Waals surface area contributed by atoms with Gasteiger partial charge in [0.05, 0.1) is 29.4 Å². The number of carbonyl (C=O) groups is 1. The van der Waals surface area contributed by atoms with Gasteiger partial charge in [-0.2, -0.15) is 13.9 Å². The van der Waals surface area contributed by atoms with Crippen molar-refractivity contribution < 1.29 is 18.7 Å². The van der Waals surface area contributed by atoms with Gasteiger partial charge in [-0.1, -0.05) is 6.92 Å². The molecular formula is C16H18F2N4O2. The van der Waals surface area contributed by atoms with Crippen LogP contribution in [0.4, 0.5) is 14.5 Å². The molecule has 1 amide bonds. The topological polar surface area (TPSA) is 80.0 Å². The molecule has 0 radical (unpaired) electrons. The van der Waals surface area contributed by atoms with Crippen LogP contribution in [0.15, 0.2) is 24.5 Å². The summed E-state index contributed by atoms with van der Waals surface area (Å²) in [6.45, 7) is -1.08. The van der Waals surface area contributed by atoms with Gasteiger partial charge in [0.15, 0.2) is 0 Å². The molecule has 6 nitrogen and oxygen atoms in total. The summed E-state index contributed by atoms with van der Waals surface area (Å²) in [5.41, 5.74) is 1.15. The molecule has 3 heterocycles. The third kappa shape index (κ3) is 3.14. The molecule has 8 heteroatoms. The quantitative estimate of drug-likeness (QED) is 0.838. The molecular weight excluding hydrogens is 318 g/mol. The highest BCUT2D eigenvalue weighted by molar-refractivity contribution is 5.95. The van der Waals surface area contributed by atoms with Crippen LogP contribution in [0.25, 0.3) is 11.3 Å². The second-order valence-corrected chi connectivity index (χ2v) is 5.94. The van der Waals surface area contributed by atoms with Gasteiger partial charge in [-0.25, -0.2) is 4.68 Å². The molecule has 0 saturated heterocycles. The van der Waals surface area contributed by atoms with E-state index in [4.69, 9.17) is 0 Å². The number of hydrogen-bond acceptors (Lipinski definition) is 4. The van der Waals surface area contributed by atoms with E-state index in [0.717, 1.165) is 0 Å². The number of pyridine rings is 1. The Bertz CT molecular complexity index is 747. The Morgan fingerprint density at radius 2 is 2.21 bits per heavy atom. The van der Waals surface area contributed by atoms with Crippen LogP contribution in [-0.4, -0.2) is 25.8 Å². The summed E-state index contributed by atoms with van der Waals surface area (Å²) in [6, 6.07) is 3.11. The van der Waals surface area contributed by atoms with Crippen LogP contribution in [-0.2, 0) is 4.79 Å². The van der Waals surface area contributed by atoms with Crippen LogP contribution < -0.4 is 5.32 Å². The smallest absolute Gasteiger partial charge is 0.333 e. The fourth-order valence-corrected chi connectivity index (χ4v) is 2.82. The molecule has 0 aliphatic carbocycles. The molecule has 0 fully saturated rings. The number of fused-ring (bicyclic) bond motifs is 4. The van der Waals surface area contributed by atoms with Gasteiger partial charge in [-0.05, 0) is 31.4 Å². The van der Waals surface area contributed by atoms with Crippen molar-refractivity contribution in [3.05, 3.63) is 30.2 Å². The van der Waals surface area contributed by atoms with E-state index in [1.165, 1.54) is 12.4 Å². The summed E-state index contributed by atoms with van der Waals surface area (Å²) in [5, 5.41) is 16.6. The predicted molar refractivity (Wildman–Crippen MR) is 83.3 cm³/mol. The molecule has 2 atom stereocenters. The molecule has 24 heavy (non-hydrogen) atoms. The molecule has 2 bridgehead atoms. The van der Waals surface area contributed by atoms with E-state index < -0.39 is 12.7 Å². The highest BCUT2D eigenvalue weighted by Crippen LogP contribution is 2.33. The number of nitrogens with one attached hydrogen (secondary N) is 1. The van der Waals surface area contributed by atoms with Crippen molar-refractivity contribution >= 4 is 11.6 Å². The number of carbonyl (C=O) groups excluding carboxylic acids is 1. The van der Waals surface area contributed by atoms with E-state index in [2.05, 4.69) is 15.4 Å². The number of rotatable bonds is 1. The first-order chi connectivity index (χ1) is 11.5. The largest absolute Gasteiger partial charge is 0.387 e. The number of aliphatic hydroxyl groups is 1. The van der Waals surface area contributed by atoms with Crippen molar-refractivity contribution in [1.82, 2.24) is 14.8 Å². The first-order valence-corrected chi connectivity index (χ1v) is 7.78. The predicted octanol–water partition coefficient (Wildman–Crippen LogP) is 3.13. The summed E-state index contributed by atoms with van der Waals surface area (Å²) >= 11 is 0. The standard InChI is InChI=1S/C16H18F2N4O2/c1-9-3-2-4-13(23)11-7-10(5-6-19-11)14-12(21-15(9)24)8-20-22(14)16(17)18/h5-9,13,16,23H,2-4H2,1H3,(H,21,24). The Morgan fingerprint density at radius 1 is 1.42 bits per heavy atom. The van der Waals surface area contributed by atoms with E-state index in [-0.39, 0.29) is 23.2 Å². The summed E-state index contributed by atoms with van der Waals surface area (Å²) in [6.07, 6.45) is 3.57. The molecule has 1 aliphatic rings. The van der Waals surface area contributed by atoms with Crippen molar-refractivity contribution in [2.45, 2.75) is 38.8 Å². The second-order valence-electron chi connectivity index (χ2n) is 5.94. The Hall–Kier alpha value is -2.35. The second kappa shape index (κ2) is 6.64. The molecule has 0 aromatic carbocycles. The van der Waals surface area contributed by atoms with Crippen LogP contribution >= 0.6 is 0 Å². The third-order valence-electron chi connectivity index (χ3n) is 4.20. The van der Waals surface area contributed by atoms with Crippen molar-refractivity contribution in [3.8, 4) is 11.3 Å². The number of alkyl halides is 2. The normalized spacial score (nSPS) is 21.6. The average molecular weight is 336 g/mol. The molecule has 3 rings (SSSR count). The van der Waals surface area contributed by atoms with Gasteiger partial charge in [-0.15, -0.1) is 0 Å². The van der Waals surface area contributed by atoms with Crippen molar-refractivity contribution in [2.24, 2.45) is 5.92 Å². The monoisotopic (exact) mass is 336 g/mol. The summed E-state index contributed by atoms with van der Waals surface area (Å²) < 4.78 is 27.1. The van der Waals surface area contributed by atoms with Gasteiger partial charge in [-0.3, -0.25) is 9.78 Å². The average Bonchev–Trinajstić information content (AvgIpc) is 2.97. The third-order valence-corrected chi connectivity index (χ3v) is 4.20. The number of hydrogen-bond donors (Lipinski definition) is 2. The lowest BCUT2D eigenvalue weighted by atomic mass is 9.98. The molecule has 2 aromatic rings. The van der Waals surface area contributed by atoms with Gasteiger partial charge >= 0.3 is 6.55 Å². The zero-order valence-electron chi connectivity index (χ0n) is 13.1. The SMILES string of the molecule is CC1CCCC(O)c2cc(ccn2)-c2c(cnn2C(F)F)NC1=O. The highest BCUT2D eigenvalue weighted by Gasteiger charge is 2.24. The van der Waals surface area contributed by atoms with Crippen LogP contribution in [0.2, 0.25) is 0 Å². The maximum atomic E-state index is 13.3. The first-order valence-electron chi connectivity index (χ1n) is 7.78. The Balaban J connectivity index is 2.15. The van der Waals surface area contributed by atoms with E-state index in [9.17, 15) is 18.7 Å².